The number of anilines is 2. The Morgan fingerprint density at radius 1 is 0.923 bits per heavy atom. The number of likely N-dealkylation sites (tertiary alicyclic amines) is 1. The van der Waals surface area contributed by atoms with Crippen LogP contribution in [0.15, 0.2) is 54.9 Å². The van der Waals surface area contributed by atoms with Crippen LogP contribution in [0.25, 0.3) is 22.2 Å². The molecule has 0 aliphatic carbocycles. The lowest BCUT2D eigenvalue weighted by atomic mass is 9.99. The maximum Gasteiger partial charge on any atom is 0.433 e. The minimum Gasteiger partial charge on any atom is -0.338 e. The number of benzene rings is 1. The molecular formula is C27H24F6N6. The summed E-state index contributed by atoms with van der Waals surface area (Å²) in [6.45, 7) is 4.33. The average Bonchev–Trinajstić information content (AvgIpc) is 2.89. The maximum absolute atomic E-state index is 13.7. The number of nitrogens with one attached hydrogen (secondary N) is 1. The van der Waals surface area contributed by atoms with Crippen LogP contribution < -0.4 is 5.32 Å². The van der Waals surface area contributed by atoms with Crippen LogP contribution in [0.5, 0.6) is 0 Å². The van der Waals surface area contributed by atoms with Crippen LogP contribution in [0.4, 0.5) is 37.8 Å². The second-order valence-corrected chi connectivity index (χ2v) is 9.63. The molecule has 1 fully saturated rings. The van der Waals surface area contributed by atoms with Crippen LogP contribution in [-0.4, -0.2) is 37.9 Å². The van der Waals surface area contributed by atoms with E-state index in [0.717, 1.165) is 44.3 Å². The monoisotopic (exact) mass is 546 g/mol. The largest absolute Gasteiger partial charge is 0.433 e. The Balaban J connectivity index is 1.56. The standard InChI is InChI=1S/C27H24F6N6/c1-16-8-11-39(12-9-16)15-23-37-21-13-17(24-20(26(28,29)30)3-2-10-34-24)4-6-19(21)25(38-23)36-18-5-7-22(35-14-18)27(31,32)33/h2-7,10,13-14,16H,8-9,11-12,15H2,1H3,(H,36,37,38). The molecule has 0 bridgehead atoms. The van der Waals surface area contributed by atoms with Gasteiger partial charge in [0, 0.05) is 17.1 Å². The van der Waals surface area contributed by atoms with E-state index in [-0.39, 0.29) is 16.9 Å². The van der Waals surface area contributed by atoms with Crippen LogP contribution in [0.3, 0.4) is 0 Å². The third-order valence-corrected chi connectivity index (χ3v) is 6.69. The van der Waals surface area contributed by atoms with Crippen LogP contribution >= 0.6 is 0 Å². The van der Waals surface area contributed by atoms with E-state index in [0.29, 0.717) is 35.0 Å². The van der Waals surface area contributed by atoms with Crippen molar-refractivity contribution in [1.82, 2.24) is 24.8 Å². The first-order valence-electron chi connectivity index (χ1n) is 12.3. The Kier molecular flexibility index (Phi) is 7.15. The summed E-state index contributed by atoms with van der Waals surface area (Å²) in [6, 6.07) is 8.89. The predicted molar refractivity (Wildman–Crippen MR) is 134 cm³/mol. The fourth-order valence-corrected chi connectivity index (χ4v) is 4.55. The molecule has 1 aliphatic rings. The SMILES string of the molecule is CC1CCN(Cc2nc(Nc3ccc(C(F)(F)F)nc3)c3ccc(-c4ncccc4C(F)(F)F)cc3n2)CC1. The van der Waals surface area contributed by atoms with Gasteiger partial charge in [0.05, 0.1) is 35.2 Å². The molecule has 6 nitrogen and oxygen atoms in total. The second-order valence-electron chi connectivity index (χ2n) is 9.63. The van der Waals surface area contributed by atoms with Crippen LogP contribution in [-0.2, 0) is 18.9 Å². The molecule has 0 atom stereocenters. The fourth-order valence-electron chi connectivity index (χ4n) is 4.55. The van der Waals surface area contributed by atoms with Crippen LogP contribution in [0, 0.1) is 5.92 Å². The zero-order valence-corrected chi connectivity index (χ0v) is 20.8. The van der Waals surface area contributed by atoms with E-state index in [1.54, 1.807) is 6.07 Å². The van der Waals surface area contributed by atoms with Crippen molar-refractivity contribution in [2.24, 2.45) is 5.92 Å². The van der Waals surface area contributed by atoms with E-state index in [9.17, 15) is 26.3 Å². The summed E-state index contributed by atoms with van der Waals surface area (Å²) in [5.74, 6) is 1.37. The van der Waals surface area contributed by atoms with Crippen LogP contribution in [0.2, 0.25) is 0 Å². The minimum atomic E-state index is -4.59. The summed E-state index contributed by atoms with van der Waals surface area (Å²) >= 11 is 0. The van der Waals surface area contributed by atoms with E-state index in [1.165, 1.54) is 30.5 Å². The number of alkyl halides is 6. The Bertz CT molecular complexity index is 1460. The lowest BCUT2D eigenvalue weighted by molar-refractivity contribution is -0.141. The Hall–Kier alpha value is -3.80. The molecule has 1 N–H and O–H groups in total. The molecule has 1 saturated heterocycles. The molecule has 5 rings (SSSR count). The lowest BCUT2D eigenvalue weighted by Gasteiger charge is -2.29. The number of rotatable bonds is 5. The molecule has 0 radical (unpaired) electrons. The number of fused-ring (bicyclic) bond motifs is 1. The van der Waals surface area contributed by atoms with Gasteiger partial charge in [0.25, 0.3) is 0 Å². The number of aromatic nitrogens is 4. The fraction of sp³-hybridized carbons (Fsp3) is 0.333. The van der Waals surface area contributed by atoms with Gasteiger partial charge >= 0.3 is 12.4 Å². The lowest BCUT2D eigenvalue weighted by Crippen LogP contribution is -2.33. The predicted octanol–water partition coefficient (Wildman–Crippen LogP) is 7.10. The number of halogens is 6. The Labute approximate surface area is 220 Å². The quantitative estimate of drug-likeness (QED) is 0.270. The molecule has 0 spiro atoms. The second kappa shape index (κ2) is 10.4. The molecule has 1 aliphatic heterocycles. The van der Waals surface area contributed by atoms with Crippen molar-refractivity contribution in [2.75, 3.05) is 18.4 Å². The minimum absolute atomic E-state index is 0.224. The highest BCUT2D eigenvalue weighted by molar-refractivity contribution is 5.93. The summed E-state index contributed by atoms with van der Waals surface area (Å²) in [5, 5.41) is 3.50. The topological polar surface area (TPSA) is 66.8 Å². The summed E-state index contributed by atoms with van der Waals surface area (Å²) in [5.41, 5.74) is -1.23. The van der Waals surface area contributed by atoms with Gasteiger partial charge in [-0.25, -0.2) is 15.0 Å². The third-order valence-electron chi connectivity index (χ3n) is 6.69. The van der Waals surface area contributed by atoms with Crippen molar-refractivity contribution >= 4 is 22.4 Å². The van der Waals surface area contributed by atoms with Gasteiger partial charge in [-0.1, -0.05) is 13.0 Å². The number of hydrogen-bond donors (Lipinski definition) is 1. The number of nitrogens with zero attached hydrogens (tertiary/aromatic N) is 5. The van der Waals surface area contributed by atoms with Gasteiger partial charge in [-0.05, 0) is 68.2 Å². The zero-order chi connectivity index (χ0) is 27.8. The highest BCUT2D eigenvalue weighted by Gasteiger charge is 2.34. The molecule has 39 heavy (non-hydrogen) atoms. The molecule has 4 aromatic rings. The van der Waals surface area contributed by atoms with Gasteiger partial charge in [-0.15, -0.1) is 0 Å². The molecule has 3 aromatic heterocycles. The van der Waals surface area contributed by atoms with Gasteiger partial charge in [-0.3, -0.25) is 9.88 Å². The first-order valence-corrected chi connectivity index (χ1v) is 12.3. The van der Waals surface area contributed by atoms with E-state index in [4.69, 9.17) is 0 Å². The van der Waals surface area contributed by atoms with Crippen molar-refractivity contribution in [3.05, 3.63) is 71.9 Å². The molecule has 0 saturated carbocycles. The highest BCUT2D eigenvalue weighted by Crippen LogP contribution is 2.37. The van der Waals surface area contributed by atoms with Crippen molar-refractivity contribution in [2.45, 2.75) is 38.7 Å². The van der Waals surface area contributed by atoms with E-state index < -0.39 is 23.6 Å². The van der Waals surface area contributed by atoms with Crippen molar-refractivity contribution in [3.63, 3.8) is 0 Å². The first kappa shape index (κ1) is 26.8. The Morgan fingerprint density at radius 3 is 2.36 bits per heavy atom. The number of hydrogen-bond acceptors (Lipinski definition) is 6. The molecule has 0 amide bonds. The van der Waals surface area contributed by atoms with Crippen molar-refractivity contribution in [1.29, 1.82) is 0 Å². The van der Waals surface area contributed by atoms with Gasteiger partial charge < -0.3 is 5.32 Å². The van der Waals surface area contributed by atoms with Crippen LogP contribution in [0.1, 0.15) is 36.8 Å². The maximum atomic E-state index is 13.7. The summed E-state index contributed by atoms with van der Waals surface area (Å²) in [4.78, 5) is 18.9. The Morgan fingerprint density at radius 2 is 1.69 bits per heavy atom. The molecule has 1 aromatic carbocycles. The number of piperidine rings is 1. The molecular weight excluding hydrogens is 522 g/mol. The van der Waals surface area contributed by atoms with Gasteiger partial charge in [0.1, 0.15) is 17.3 Å². The zero-order valence-electron chi connectivity index (χ0n) is 20.8. The van der Waals surface area contributed by atoms with E-state index in [1.807, 2.05) is 0 Å². The summed E-state index contributed by atoms with van der Waals surface area (Å²) in [7, 11) is 0. The molecule has 0 unspecified atom stereocenters. The smallest absolute Gasteiger partial charge is 0.338 e. The molecule has 12 heteroatoms. The molecule has 4 heterocycles. The van der Waals surface area contributed by atoms with Crippen molar-refractivity contribution < 1.29 is 26.3 Å². The normalized spacial score (nSPS) is 15.6. The van der Waals surface area contributed by atoms with E-state index in [2.05, 4.69) is 37.1 Å². The first-order chi connectivity index (χ1) is 18.5. The summed E-state index contributed by atoms with van der Waals surface area (Å²) in [6.07, 6.45) is -4.76. The van der Waals surface area contributed by atoms with E-state index >= 15 is 0 Å². The van der Waals surface area contributed by atoms with Gasteiger partial charge in [0.2, 0.25) is 0 Å². The highest BCUT2D eigenvalue weighted by atomic mass is 19.4. The molecule has 204 valence electrons. The third kappa shape index (κ3) is 6.11. The number of pyridine rings is 2. The van der Waals surface area contributed by atoms with Crippen molar-refractivity contribution in [3.8, 4) is 11.3 Å². The average molecular weight is 547 g/mol. The summed E-state index contributed by atoms with van der Waals surface area (Å²) < 4.78 is 79.8. The van der Waals surface area contributed by atoms with Gasteiger partial charge in [-0.2, -0.15) is 26.3 Å². The van der Waals surface area contributed by atoms with Gasteiger partial charge in [0.15, 0.2) is 0 Å².